The van der Waals surface area contributed by atoms with Crippen LogP contribution in [-0.2, 0) is 10.0 Å². The third-order valence-corrected chi connectivity index (χ3v) is 4.22. The Balaban J connectivity index is 2.21. The first-order valence-electron chi connectivity index (χ1n) is 5.26. The largest absolute Gasteiger partial charge is 0.469 e. The summed E-state index contributed by atoms with van der Waals surface area (Å²) in [5.41, 5.74) is 0. The maximum Gasteiger partial charge on any atom is 0.272 e. The average Bonchev–Trinajstić information content (AvgIpc) is 2.92. The van der Waals surface area contributed by atoms with E-state index in [-0.39, 0.29) is 16.6 Å². The lowest BCUT2D eigenvalue weighted by Gasteiger charge is -2.10. The number of hydrogen-bond donors (Lipinski definition) is 1. The van der Waals surface area contributed by atoms with E-state index in [1.165, 1.54) is 35.2 Å². The maximum absolute atomic E-state index is 12.1. The average molecular weight is 321 g/mol. The SMILES string of the molecule is O=S(=O)(Nc1nccnc1OCC(F)F)c1ccsc1. The minimum Gasteiger partial charge on any atom is -0.469 e. The zero-order valence-electron chi connectivity index (χ0n) is 9.86. The van der Waals surface area contributed by atoms with Gasteiger partial charge in [-0.2, -0.15) is 11.3 Å². The van der Waals surface area contributed by atoms with Gasteiger partial charge in [-0.15, -0.1) is 0 Å². The molecule has 0 aromatic carbocycles. The van der Waals surface area contributed by atoms with Crippen molar-refractivity contribution >= 4 is 27.2 Å². The first-order valence-corrected chi connectivity index (χ1v) is 7.68. The van der Waals surface area contributed by atoms with Gasteiger partial charge in [0.05, 0.1) is 4.90 Å². The van der Waals surface area contributed by atoms with Crippen LogP contribution in [0.1, 0.15) is 0 Å². The Bertz CT molecular complexity index is 662. The number of aromatic nitrogens is 2. The fraction of sp³-hybridized carbons (Fsp3) is 0.200. The molecule has 2 rings (SSSR count). The molecular weight excluding hydrogens is 312 g/mol. The van der Waals surface area contributed by atoms with E-state index in [0.717, 1.165) is 0 Å². The molecule has 108 valence electrons. The summed E-state index contributed by atoms with van der Waals surface area (Å²) in [4.78, 5) is 7.46. The maximum atomic E-state index is 12.1. The van der Waals surface area contributed by atoms with E-state index in [4.69, 9.17) is 4.74 Å². The Kier molecular flexibility index (Phi) is 4.45. The molecule has 6 nitrogen and oxygen atoms in total. The Labute approximate surface area is 117 Å². The number of hydrogen-bond acceptors (Lipinski definition) is 6. The number of nitrogens with zero attached hydrogens (tertiary/aromatic N) is 2. The number of sulfonamides is 1. The third-order valence-electron chi connectivity index (χ3n) is 2.05. The summed E-state index contributed by atoms with van der Waals surface area (Å²) < 4.78 is 55.0. The number of thiophene rings is 1. The molecule has 0 bridgehead atoms. The van der Waals surface area contributed by atoms with Crippen molar-refractivity contribution in [3.8, 4) is 5.88 Å². The van der Waals surface area contributed by atoms with Crippen LogP contribution in [0.4, 0.5) is 14.6 Å². The fourth-order valence-electron chi connectivity index (χ4n) is 1.23. The summed E-state index contributed by atoms with van der Waals surface area (Å²) in [5, 5.41) is 3.03. The fourth-order valence-corrected chi connectivity index (χ4v) is 3.27. The van der Waals surface area contributed by atoms with Crippen LogP contribution < -0.4 is 9.46 Å². The summed E-state index contributed by atoms with van der Waals surface area (Å²) in [5.74, 6) is -0.536. The number of ether oxygens (including phenoxy) is 1. The van der Waals surface area contributed by atoms with Crippen molar-refractivity contribution in [2.45, 2.75) is 11.3 Å². The predicted molar refractivity (Wildman–Crippen MR) is 68.7 cm³/mol. The van der Waals surface area contributed by atoms with Crippen LogP contribution in [-0.4, -0.2) is 31.4 Å². The highest BCUT2D eigenvalue weighted by Crippen LogP contribution is 2.23. The van der Waals surface area contributed by atoms with Gasteiger partial charge in [-0.1, -0.05) is 0 Å². The number of rotatable bonds is 6. The van der Waals surface area contributed by atoms with Crippen LogP contribution in [0.5, 0.6) is 5.88 Å². The van der Waals surface area contributed by atoms with E-state index in [1.54, 1.807) is 5.38 Å². The van der Waals surface area contributed by atoms with Gasteiger partial charge in [0.2, 0.25) is 5.82 Å². The molecule has 2 aromatic heterocycles. The molecule has 0 spiro atoms. The molecular formula is C10H9F2N3O3S2. The highest BCUT2D eigenvalue weighted by Gasteiger charge is 2.19. The molecule has 0 aliphatic carbocycles. The molecule has 10 heteroatoms. The van der Waals surface area contributed by atoms with Crippen LogP contribution in [0.3, 0.4) is 0 Å². The van der Waals surface area contributed by atoms with Gasteiger partial charge in [0.1, 0.15) is 0 Å². The van der Waals surface area contributed by atoms with E-state index in [0.29, 0.717) is 0 Å². The van der Waals surface area contributed by atoms with E-state index >= 15 is 0 Å². The second kappa shape index (κ2) is 6.09. The summed E-state index contributed by atoms with van der Waals surface area (Å²) in [7, 11) is -3.84. The van der Waals surface area contributed by atoms with Crippen molar-refractivity contribution in [2.24, 2.45) is 0 Å². The van der Waals surface area contributed by atoms with Crippen molar-refractivity contribution in [1.82, 2.24) is 9.97 Å². The molecule has 0 aliphatic heterocycles. The molecule has 0 atom stereocenters. The lowest BCUT2D eigenvalue weighted by molar-refractivity contribution is 0.0798. The van der Waals surface area contributed by atoms with Crippen molar-refractivity contribution < 1.29 is 21.9 Å². The van der Waals surface area contributed by atoms with E-state index in [9.17, 15) is 17.2 Å². The van der Waals surface area contributed by atoms with E-state index in [1.807, 2.05) is 0 Å². The monoisotopic (exact) mass is 321 g/mol. The molecule has 20 heavy (non-hydrogen) atoms. The summed E-state index contributed by atoms with van der Waals surface area (Å²) in [6.45, 7) is -0.897. The standard InChI is InChI=1S/C10H9F2N3O3S2/c11-8(12)5-18-10-9(13-2-3-14-10)15-20(16,17)7-1-4-19-6-7/h1-4,6,8H,5H2,(H,13,15). The van der Waals surface area contributed by atoms with E-state index < -0.39 is 23.1 Å². The summed E-state index contributed by atoms with van der Waals surface area (Å²) in [6.07, 6.45) is -0.262. The molecule has 2 aromatic rings. The smallest absolute Gasteiger partial charge is 0.272 e. The normalized spacial score (nSPS) is 11.6. The van der Waals surface area contributed by atoms with Gasteiger partial charge < -0.3 is 4.74 Å². The first-order chi connectivity index (χ1) is 9.49. The number of nitrogens with one attached hydrogen (secondary N) is 1. The zero-order valence-corrected chi connectivity index (χ0v) is 11.5. The van der Waals surface area contributed by atoms with Crippen LogP contribution in [0, 0.1) is 0 Å². The molecule has 2 heterocycles. The molecule has 0 fully saturated rings. The van der Waals surface area contributed by atoms with Crippen molar-refractivity contribution in [2.75, 3.05) is 11.3 Å². The third kappa shape index (κ3) is 3.61. The van der Waals surface area contributed by atoms with Crippen molar-refractivity contribution in [1.29, 1.82) is 0 Å². The van der Waals surface area contributed by atoms with Crippen LogP contribution in [0.15, 0.2) is 34.1 Å². The Morgan fingerprint density at radius 3 is 2.75 bits per heavy atom. The summed E-state index contributed by atoms with van der Waals surface area (Å²) in [6, 6.07) is 1.41. The Morgan fingerprint density at radius 1 is 1.35 bits per heavy atom. The minimum atomic E-state index is -3.84. The predicted octanol–water partition coefficient (Wildman–Crippen LogP) is 1.98. The van der Waals surface area contributed by atoms with Gasteiger partial charge >= 0.3 is 0 Å². The topological polar surface area (TPSA) is 81.2 Å². The Morgan fingerprint density at radius 2 is 2.10 bits per heavy atom. The molecule has 1 N–H and O–H groups in total. The lowest BCUT2D eigenvalue weighted by Crippen LogP contribution is -2.16. The number of halogens is 2. The van der Waals surface area contributed by atoms with Crippen LogP contribution in [0.2, 0.25) is 0 Å². The molecule has 0 unspecified atom stereocenters. The molecule has 0 saturated carbocycles. The zero-order chi connectivity index (χ0) is 14.6. The molecule has 0 amide bonds. The number of alkyl halides is 2. The van der Waals surface area contributed by atoms with Crippen molar-refractivity contribution in [3.05, 3.63) is 29.2 Å². The van der Waals surface area contributed by atoms with Gasteiger partial charge in [0.25, 0.3) is 22.3 Å². The van der Waals surface area contributed by atoms with Gasteiger partial charge in [-0.3, -0.25) is 4.72 Å². The lowest BCUT2D eigenvalue weighted by atomic mass is 10.6. The second-order valence-electron chi connectivity index (χ2n) is 3.48. The molecule has 0 saturated heterocycles. The van der Waals surface area contributed by atoms with Crippen LogP contribution in [0.25, 0.3) is 0 Å². The minimum absolute atomic E-state index is 0.0490. The molecule has 0 aliphatic rings. The van der Waals surface area contributed by atoms with E-state index in [2.05, 4.69) is 14.7 Å². The van der Waals surface area contributed by atoms with Gasteiger partial charge in [0.15, 0.2) is 6.61 Å². The Hall–Kier alpha value is -1.81. The van der Waals surface area contributed by atoms with Gasteiger partial charge in [-0.25, -0.2) is 27.2 Å². The highest BCUT2D eigenvalue weighted by molar-refractivity contribution is 7.92. The second-order valence-corrected chi connectivity index (χ2v) is 5.94. The van der Waals surface area contributed by atoms with Gasteiger partial charge in [0, 0.05) is 17.8 Å². The molecule has 0 radical (unpaired) electrons. The highest BCUT2D eigenvalue weighted by atomic mass is 32.2. The van der Waals surface area contributed by atoms with Crippen LogP contribution >= 0.6 is 11.3 Å². The van der Waals surface area contributed by atoms with Gasteiger partial charge in [-0.05, 0) is 11.4 Å². The first kappa shape index (κ1) is 14.6. The number of anilines is 1. The van der Waals surface area contributed by atoms with Crippen molar-refractivity contribution in [3.63, 3.8) is 0 Å². The summed E-state index contributed by atoms with van der Waals surface area (Å²) >= 11 is 1.21. The quantitative estimate of drug-likeness (QED) is 0.880.